The van der Waals surface area contributed by atoms with Gasteiger partial charge in [0.05, 0.1) is 11.4 Å². The maximum absolute atomic E-state index is 14.2. The van der Waals surface area contributed by atoms with E-state index in [-0.39, 0.29) is 24.2 Å². The second-order valence-corrected chi connectivity index (χ2v) is 11.0. The zero-order valence-electron chi connectivity index (χ0n) is 22.9. The molecule has 3 aromatic rings. The van der Waals surface area contributed by atoms with Crippen LogP contribution >= 0.6 is 0 Å². The van der Waals surface area contributed by atoms with Gasteiger partial charge in [-0.15, -0.1) is 0 Å². The standard InChI is InChI=1S/C30H32FN5O4/c1-18-4-5-20(12-22(18)31)26-19(2)14-32-27(34-26)28(37)33-23-15-40-25-7-6-21(13-24(25)35(3)29(23)38)36-16-30(17-36)8-10-39-11-9-30/h4-7,12-14,23H,8-11,15-17H2,1-3H3,(H,33,37)/t23-/m0/s1. The summed E-state index contributed by atoms with van der Waals surface area (Å²) >= 11 is 0. The van der Waals surface area contributed by atoms with Gasteiger partial charge in [-0.3, -0.25) is 9.59 Å². The average Bonchev–Trinajstić information content (AvgIpc) is 3.05. The summed E-state index contributed by atoms with van der Waals surface area (Å²) in [5.74, 6) is -0.806. The van der Waals surface area contributed by atoms with Crippen LogP contribution in [0.5, 0.6) is 5.75 Å². The molecule has 2 fully saturated rings. The Morgan fingerprint density at radius 1 is 1.10 bits per heavy atom. The van der Waals surface area contributed by atoms with Crippen LogP contribution in [0.4, 0.5) is 15.8 Å². The quantitative estimate of drug-likeness (QED) is 0.534. The van der Waals surface area contributed by atoms with E-state index in [0.717, 1.165) is 44.8 Å². The van der Waals surface area contributed by atoms with Crippen molar-refractivity contribution in [3.63, 3.8) is 0 Å². The molecule has 0 bridgehead atoms. The number of carbonyl (C=O) groups excluding carboxylic acids is 2. The van der Waals surface area contributed by atoms with Crippen LogP contribution in [0.25, 0.3) is 11.3 Å². The predicted molar refractivity (Wildman–Crippen MR) is 148 cm³/mol. The Balaban J connectivity index is 1.17. The van der Waals surface area contributed by atoms with Gasteiger partial charge < -0.3 is 24.6 Å². The molecule has 40 heavy (non-hydrogen) atoms. The first-order chi connectivity index (χ1) is 19.2. The largest absolute Gasteiger partial charge is 0.489 e. The number of hydrogen-bond acceptors (Lipinski definition) is 7. The van der Waals surface area contributed by atoms with E-state index in [1.165, 1.54) is 17.2 Å². The van der Waals surface area contributed by atoms with Gasteiger partial charge in [0.1, 0.15) is 24.2 Å². The minimum absolute atomic E-state index is 0.0318. The molecule has 2 amide bonds. The second kappa shape index (κ2) is 10.2. The Labute approximate surface area is 232 Å². The summed E-state index contributed by atoms with van der Waals surface area (Å²) in [7, 11) is 1.68. The topological polar surface area (TPSA) is 96.9 Å². The molecule has 6 rings (SSSR count). The van der Waals surface area contributed by atoms with Crippen LogP contribution < -0.4 is 19.9 Å². The lowest BCUT2D eigenvalue weighted by Gasteiger charge is -2.53. The lowest BCUT2D eigenvalue weighted by atomic mass is 9.73. The van der Waals surface area contributed by atoms with Gasteiger partial charge in [0.2, 0.25) is 5.82 Å². The molecule has 3 aliphatic rings. The first-order valence-electron chi connectivity index (χ1n) is 13.5. The van der Waals surface area contributed by atoms with Crippen LogP contribution in [0.3, 0.4) is 0 Å². The summed E-state index contributed by atoms with van der Waals surface area (Å²) in [5.41, 5.74) is 4.23. The number of ether oxygens (including phenoxy) is 2. The van der Waals surface area contributed by atoms with Crippen molar-refractivity contribution in [2.24, 2.45) is 5.41 Å². The molecular formula is C30H32FN5O4. The van der Waals surface area contributed by atoms with E-state index >= 15 is 0 Å². The number of carbonyl (C=O) groups is 2. The molecule has 3 aliphatic heterocycles. The normalized spacial score (nSPS) is 19.9. The van der Waals surface area contributed by atoms with E-state index < -0.39 is 11.9 Å². The molecule has 1 atom stereocenters. The van der Waals surface area contributed by atoms with Crippen LogP contribution in [-0.4, -0.2) is 67.8 Å². The van der Waals surface area contributed by atoms with Crippen LogP contribution in [-0.2, 0) is 9.53 Å². The van der Waals surface area contributed by atoms with E-state index in [9.17, 15) is 14.0 Å². The number of rotatable bonds is 4. The molecule has 1 spiro atoms. The van der Waals surface area contributed by atoms with Crippen LogP contribution in [0, 0.1) is 25.1 Å². The predicted octanol–water partition coefficient (Wildman–Crippen LogP) is 3.67. The fraction of sp³-hybridized carbons (Fsp3) is 0.400. The Hall–Kier alpha value is -4.05. The average molecular weight is 546 g/mol. The summed E-state index contributed by atoms with van der Waals surface area (Å²) in [4.78, 5) is 39.0. The number of nitrogens with one attached hydrogen (secondary N) is 1. The zero-order valence-corrected chi connectivity index (χ0v) is 22.9. The van der Waals surface area contributed by atoms with Crippen molar-refractivity contribution in [1.82, 2.24) is 15.3 Å². The monoisotopic (exact) mass is 545 g/mol. The molecule has 2 saturated heterocycles. The Morgan fingerprint density at radius 2 is 1.88 bits per heavy atom. The van der Waals surface area contributed by atoms with E-state index in [1.807, 2.05) is 18.2 Å². The second-order valence-electron chi connectivity index (χ2n) is 11.0. The maximum atomic E-state index is 14.2. The SMILES string of the molecule is Cc1ccc(-c2nc(C(=O)N[C@H]3COc4ccc(N5CC6(CCOCC6)C5)cc4N(C)C3=O)ncc2C)cc1F. The van der Waals surface area contributed by atoms with Crippen molar-refractivity contribution < 1.29 is 23.5 Å². The van der Waals surface area contributed by atoms with Crippen molar-refractivity contribution in [3.8, 4) is 17.0 Å². The lowest BCUT2D eigenvalue weighted by Crippen LogP contribution is -2.58. The van der Waals surface area contributed by atoms with Gasteiger partial charge in [0.15, 0.2) is 0 Å². The number of benzene rings is 2. The first-order valence-corrected chi connectivity index (χ1v) is 13.5. The number of hydrogen-bond donors (Lipinski definition) is 1. The third kappa shape index (κ3) is 4.77. The van der Waals surface area contributed by atoms with Gasteiger partial charge in [0.25, 0.3) is 11.8 Å². The molecule has 0 radical (unpaired) electrons. The van der Waals surface area contributed by atoms with E-state index in [2.05, 4.69) is 20.2 Å². The Bertz CT molecular complexity index is 1480. The minimum Gasteiger partial charge on any atom is -0.489 e. The number of likely N-dealkylation sites (N-methyl/N-ethyl adjacent to an activating group) is 1. The highest BCUT2D eigenvalue weighted by molar-refractivity contribution is 6.02. The third-order valence-electron chi connectivity index (χ3n) is 8.23. The lowest BCUT2D eigenvalue weighted by molar-refractivity contribution is -0.120. The molecule has 1 aromatic heterocycles. The van der Waals surface area contributed by atoms with E-state index in [1.54, 1.807) is 33.0 Å². The highest BCUT2D eigenvalue weighted by Gasteiger charge is 2.44. The Morgan fingerprint density at radius 3 is 2.62 bits per heavy atom. The fourth-order valence-electron chi connectivity index (χ4n) is 5.66. The molecule has 9 nitrogen and oxygen atoms in total. The van der Waals surface area contributed by atoms with Gasteiger partial charge in [-0.25, -0.2) is 14.4 Å². The summed E-state index contributed by atoms with van der Waals surface area (Å²) in [6.45, 7) is 7.02. The van der Waals surface area contributed by atoms with Gasteiger partial charge in [-0.2, -0.15) is 0 Å². The van der Waals surface area contributed by atoms with Gasteiger partial charge in [-0.05, 0) is 62.1 Å². The smallest absolute Gasteiger partial charge is 0.289 e. The number of aryl methyl sites for hydroxylation is 2. The fourth-order valence-corrected chi connectivity index (χ4v) is 5.66. The highest BCUT2D eigenvalue weighted by atomic mass is 19.1. The molecule has 0 aliphatic carbocycles. The summed E-state index contributed by atoms with van der Waals surface area (Å²) in [5, 5.41) is 2.73. The summed E-state index contributed by atoms with van der Waals surface area (Å²) in [6.07, 6.45) is 3.67. The summed E-state index contributed by atoms with van der Waals surface area (Å²) < 4.78 is 25.7. The van der Waals surface area contributed by atoms with Crippen molar-refractivity contribution >= 4 is 23.2 Å². The molecule has 0 unspecified atom stereocenters. The molecule has 1 N–H and O–H groups in total. The van der Waals surface area contributed by atoms with Crippen molar-refractivity contribution in [3.05, 3.63) is 65.4 Å². The molecule has 0 saturated carbocycles. The van der Waals surface area contributed by atoms with Crippen LogP contribution in [0.1, 0.15) is 34.6 Å². The van der Waals surface area contributed by atoms with Gasteiger partial charge >= 0.3 is 0 Å². The number of anilines is 2. The van der Waals surface area contributed by atoms with E-state index in [0.29, 0.717) is 39.2 Å². The van der Waals surface area contributed by atoms with Crippen molar-refractivity contribution in [1.29, 1.82) is 0 Å². The Kier molecular flexibility index (Phi) is 6.66. The van der Waals surface area contributed by atoms with Gasteiger partial charge in [-0.1, -0.05) is 12.1 Å². The minimum atomic E-state index is -0.937. The molecule has 4 heterocycles. The number of aromatic nitrogens is 2. The zero-order chi connectivity index (χ0) is 28.0. The summed E-state index contributed by atoms with van der Waals surface area (Å²) in [6, 6.07) is 9.73. The van der Waals surface area contributed by atoms with E-state index in [4.69, 9.17) is 9.47 Å². The number of nitrogens with zero attached hydrogens (tertiary/aromatic N) is 4. The van der Waals surface area contributed by atoms with Crippen molar-refractivity contribution in [2.45, 2.75) is 32.7 Å². The maximum Gasteiger partial charge on any atom is 0.289 e. The number of halogens is 1. The third-order valence-corrected chi connectivity index (χ3v) is 8.23. The van der Waals surface area contributed by atoms with Crippen LogP contribution in [0.2, 0.25) is 0 Å². The molecule has 10 heteroatoms. The number of fused-ring (bicyclic) bond motifs is 1. The number of amides is 2. The highest BCUT2D eigenvalue weighted by Crippen LogP contribution is 2.44. The van der Waals surface area contributed by atoms with Crippen LogP contribution in [0.15, 0.2) is 42.6 Å². The molecule has 2 aromatic carbocycles. The first kappa shape index (κ1) is 26.2. The molecule has 208 valence electrons. The molecular weight excluding hydrogens is 513 g/mol. The van der Waals surface area contributed by atoms with Gasteiger partial charge in [0, 0.05) is 56.2 Å². The van der Waals surface area contributed by atoms with Crippen molar-refractivity contribution in [2.75, 3.05) is 49.8 Å².